The summed E-state index contributed by atoms with van der Waals surface area (Å²) in [7, 11) is 0. The molecular weight excluding hydrogens is 412 g/mol. The molecule has 7 nitrogen and oxygen atoms in total. The normalized spacial score (nSPS) is 14.7. The van der Waals surface area contributed by atoms with Crippen LogP contribution in [-0.4, -0.2) is 71.6 Å². The van der Waals surface area contributed by atoms with E-state index in [0.29, 0.717) is 0 Å². The van der Waals surface area contributed by atoms with Crippen molar-refractivity contribution < 1.29 is 45.8 Å². The lowest BCUT2D eigenvalue weighted by Gasteiger charge is -2.35. The highest BCUT2D eigenvalue weighted by Crippen LogP contribution is 2.32. The third-order valence-corrected chi connectivity index (χ3v) is 3.80. The zero-order valence-corrected chi connectivity index (χ0v) is 14.8. The summed E-state index contributed by atoms with van der Waals surface area (Å²) in [6, 6.07) is 4.71. The van der Waals surface area contributed by atoms with Crippen LogP contribution in [0.25, 0.3) is 0 Å². The van der Waals surface area contributed by atoms with Gasteiger partial charge in [-0.1, -0.05) is 12.1 Å². The minimum atomic E-state index is -5.08. The maximum Gasteiger partial charge on any atom is 0.490 e. The molecule has 2 rings (SSSR count). The second-order valence-corrected chi connectivity index (χ2v) is 5.72. The molecule has 0 saturated carbocycles. The first-order valence-corrected chi connectivity index (χ1v) is 8.02. The van der Waals surface area contributed by atoms with Gasteiger partial charge in [-0.15, -0.1) is 0 Å². The van der Waals surface area contributed by atoms with E-state index in [1.54, 1.807) is 0 Å². The fraction of sp³-hybridized carbons (Fsp3) is 0.438. The molecule has 1 fully saturated rings. The Hall–Kier alpha value is -2.83. The number of piperazine rings is 1. The van der Waals surface area contributed by atoms with Gasteiger partial charge in [0.05, 0.1) is 17.7 Å². The van der Waals surface area contributed by atoms with E-state index in [-0.39, 0.29) is 44.2 Å². The molecule has 162 valence electrons. The van der Waals surface area contributed by atoms with Gasteiger partial charge in [-0.25, -0.2) is 4.79 Å². The Kier molecular flexibility index (Phi) is 8.00. The van der Waals surface area contributed by atoms with Gasteiger partial charge in [0.15, 0.2) is 0 Å². The molecule has 0 unspecified atom stereocenters. The molecule has 29 heavy (non-hydrogen) atoms. The SMILES string of the molecule is NCC(=O)N1CCN(C(=O)c2ccccc2C(F)(F)F)CC1.O=C(O)C(F)(F)F. The van der Waals surface area contributed by atoms with Gasteiger partial charge in [-0.05, 0) is 12.1 Å². The molecule has 1 aliphatic rings. The number of carbonyl (C=O) groups is 3. The number of amides is 2. The van der Waals surface area contributed by atoms with Crippen LogP contribution in [0.3, 0.4) is 0 Å². The maximum absolute atomic E-state index is 13.0. The zero-order valence-electron chi connectivity index (χ0n) is 14.8. The van der Waals surface area contributed by atoms with Crippen LogP contribution in [0.15, 0.2) is 24.3 Å². The van der Waals surface area contributed by atoms with Crippen molar-refractivity contribution in [3.63, 3.8) is 0 Å². The van der Waals surface area contributed by atoms with Crippen LogP contribution in [0.4, 0.5) is 26.3 Å². The Bertz CT molecular complexity index is 743. The number of hydrogen-bond acceptors (Lipinski definition) is 4. The zero-order chi connectivity index (χ0) is 22.4. The van der Waals surface area contributed by atoms with Gasteiger partial charge in [0, 0.05) is 26.2 Å². The summed E-state index contributed by atoms with van der Waals surface area (Å²) in [6.45, 7) is 0.810. The van der Waals surface area contributed by atoms with Crippen LogP contribution in [0, 0.1) is 0 Å². The van der Waals surface area contributed by atoms with Crippen molar-refractivity contribution in [3.05, 3.63) is 35.4 Å². The van der Waals surface area contributed by atoms with Crippen molar-refractivity contribution in [2.75, 3.05) is 32.7 Å². The summed E-state index contributed by atoms with van der Waals surface area (Å²) >= 11 is 0. The molecule has 1 aliphatic heterocycles. The highest BCUT2D eigenvalue weighted by Gasteiger charge is 2.38. The molecule has 0 aromatic heterocycles. The van der Waals surface area contributed by atoms with Crippen LogP contribution in [0.1, 0.15) is 15.9 Å². The third-order valence-electron chi connectivity index (χ3n) is 3.80. The van der Waals surface area contributed by atoms with Crippen molar-refractivity contribution in [3.8, 4) is 0 Å². The first kappa shape index (κ1) is 24.2. The lowest BCUT2D eigenvalue weighted by molar-refractivity contribution is -0.192. The molecule has 2 amide bonds. The summed E-state index contributed by atoms with van der Waals surface area (Å²) < 4.78 is 70.6. The van der Waals surface area contributed by atoms with Gasteiger partial charge in [0.25, 0.3) is 5.91 Å². The second-order valence-electron chi connectivity index (χ2n) is 5.72. The first-order chi connectivity index (χ1) is 13.3. The minimum Gasteiger partial charge on any atom is -0.475 e. The Morgan fingerprint density at radius 3 is 1.79 bits per heavy atom. The van der Waals surface area contributed by atoms with E-state index in [1.807, 2.05) is 0 Å². The second kappa shape index (κ2) is 9.58. The summed E-state index contributed by atoms with van der Waals surface area (Å²) in [5, 5.41) is 7.12. The summed E-state index contributed by atoms with van der Waals surface area (Å²) in [5.74, 6) is -3.66. The van der Waals surface area contributed by atoms with Crippen molar-refractivity contribution >= 4 is 17.8 Å². The van der Waals surface area contributed by atoms with Crippen molar-refractivity contribution in [2.24, 2.45) is 5.73 Å². The summed E-state index contributed by atoms with van der Waals surface area (Å²) in [4.78, 5) is 35.5. The largest absolute Gasteiger partial charge is 0.490 e. The van der Waals surface area contributed by atoms with Gasteiger partial charge in [0.2, 0.25) is 5.91 Å². The molecule has 1 heterocycles. The van der Waals surface area contributed by atoms with E-state index in [1.165, 1.54) is 28.0 Å². The Balaban J connectivity index is 0.000000516. The van der Waals surface area contributed by atoms with E-state index < -0.39 is 29.8 Å². The number of carboxylic acid groups (broad SMARTS) is 1. The van der Waals surface area contributed by atoms with Gasteiger partial charge in [0.1, 0.15) is 0 Å². The van der Waals surface area contributed by atoms with Crippen LogP contribution < -0.4 is 5.73 Å². The highest BCUT2D eigenvalue weighted by atomic mass is 19.4. The number of nitrogens with zero attached hydrogens (tertiary/aromatic N) is 2. The number of hydrogen-bond donors (Lipinski definition) is 2. The van der Waals surface area contributed by atoms with Crippen LogP contribution >= 0.6 is 0 Å². The molecular formula is C16H17F6N3O4. The fourth-order valence-electron chi connectivity index (χ4n) is 2.38. The highest BCUT2D eigenvalue weighted by molar-refractivity contribution is 5.96. The van der Waals surface area contributed by atoms with E-state index in [2.05, 4.69) is 0 Å². The molecule has 3 N–H and O–H groups in total. The number of carbonyl (C=O) groups excluding carboxylic acids is 2. The molecule has 0 radical (unpaired) electrons. The number of benzene rings is 1. The van der Waals surface area contributed by atoms with E-state index in [4.69, 9.17) is 15.6 Å². The Morgan fingerprint density at radius 2 is 1.38 bits per heavy atom. The number of rotatable bonds is 2. The van der Waals surface area contributed by atoms with Crippen LogP contribution in [-0.2, 0) is 15.8 Å². The predicted molar refractivity (Wildman–Crippen MR) is 86.7 cm³/mol. The predicted octanol–water partition coefficient (Wildman–Crippen LogP) is 1.58. The maximum atomic E-state index is 13.0. The molecule has 0 atom stereocenters. The molecule has 0 aliphatic carbocycles. The topological polar surface area (TPSA) is 104 Å². The van der Waals surface area contributed by atoms with E-state index in [0.717, 1.165) is 6.07 Å². The minimum absolute atomic E-state index is 0.120. The smallest absolute Gasteiger partial charge is 0.475 e. The van der Waals surface area contributed by atoms with Gasteiger partial charge in [-0.3, -0.25) is 9.59 Å². The lowest BCUT2D eigenvalue weighted by Crippen LogP contribution is -2.52. The van der Waals surface area contributed by atoms with Gasteiger partial charge in [-0.2, -0.15) is 26.3 Å². The van der Waals surface area contributed by atoms with Crippen molar-refractivity contribution in [2.45, 2.75) is 12.4 Å². The monoisotopic (exact) mass is 429 g/mol. The summed E-state index contributed by atoms with van der Waals surface area (Å²) in [6.07, 6.45) is -9.66. The van der Waals surface area contributed by atoms with Gasteiger partial charge >= 0.3 is 18.3 Å². The van der Waals surface area contributed by atoms with E-state index in [9.17, 15) is 35.9 Å². The number of aliphatic carboxylic acids is 1. The number of halogens is 6. The van der Waals surface area contributed by atoms with Crippen molar-refractivity contribution in [1.29, 1.82) is 0 Å². The summed E-state index contributed by atoms with van der Waals surface area (Å²) in [5.41, 5.74) is 3.95. The van der Waals surface area contributed by atoms with Gasteiger partial charge < -0.3 is 20.6 Å². The van der Waals surface area contributed by atoms with E-state index >= 15 is 0 Å². The van der Waals surface area contributed by atoms with Crippen molar-refractivity contribution in [1.82, 2.24) is 9.80 Å². The average molecular weight is 429 g/mol. The molecule has 0 bridgehead atoms. The molecule has 0 spiro atoms. The molecule has 1 saturated heterocycles. The first-order valence-electron chi connectivity index (χ1n) is 8.02. The number of nitrogens with two attached hydrogens (primary N) is 1. The lowest BCUT2D eigenvalue weighted by atomic mass is 10.1. The Morgan fingerprint density at radius 1 is 0.931 bits per heavy atom. The standard InChI is InChI=1S/C14H16F3N3O2.C2HF3O2/c15-14(16,17)11-4-2-1-3-10(11)13(22)20-7-5-19(6-8-20)12(21)9-18;3-2(4,5)1(6)7/h1-4H,5-9,18H2;(H,6,7). The molecule has 1 aromatic rings. The fourth-order valence-corrected chi connectivity index (χ4v) is 2.38. The number of alkyl halides is 6. The average Bonchev–Trinajstić information content (AvgIpc) is 2.66. The quantitative estimate of drug-likeness (QED) is 0.695. The van der Waals surface area contributed by atoms with Crippen LogP contribution in [0.2, 0.25) is 0 Å². The number of carboxylic acids is 1. The Labute approximate surface area is 160 Å². The van der Waals surface area contributed by atoms with Crippen LogP contribution in [0.5, 0.6) is 0 Å². The third kappa shape index (κ3) is 6.93. The molecule has 13 heteroatoms. The molecule has 1 aromatic carbocycles.